The van der Waals surface area contributed by atoms with Gasteiger partial charge in [0.05, 0.1) is 4.75 Å². The van der Waals surface area contributed by atoms with E-state index in [1.807, 2.05) is 0 Å². The maximum absolute atomic E-state index is 11.5. The van der Waals surface area contributed by atoms with Crippen molar-refractivity contribution in [1.82, 2.24) is 0 Å². The maximum Gasteiger partial charge on any atom is 0.154 e. The highest BCUT2D eigenvalue weighted by molar-refractivity contribution is 7.92. The molecule has 92 valence electrons. The largest absolute Gasteiger partial charge is 0.326 e. The summed E-state index contributed by atoms with van der Waals surface area (Å²) in [4.78, 5) is 0. The Bertz CT molecular complexity index is 270. The number of hydrogen-bond acceptors (Lipinski definition) is 3. The molecule has 0 fully saturated rings. The summed E-state index contributed by atoms with van der Waals surface area (Å²) in [7, 11) is -3.07. The van der Waals surface area contributed by atoms with Crippen LogP contribution in [0.1, 0.15) is 52.9 Å². The molecule has 0 aliphatic heterocycles. The maximum atomic E-state index is 11.5. The van der Waals surface area contributed by atoms with Gasteiger partial charge in [-0.25, -0.2) is 8.42 Å². The van der Waals surface area contributed by atoms with E-state index in [2.05, 4.69) is 6.92 Å². The molecule has 2 N–H and O–H groups in total. The Morgan fingerprint density at radius 3 is 2.13 bits per heavy atom. The van der Waals surface area contributed by atoms with Crippen LogP contribution in [0.15, 0.2) is 0 Å². The first-order chi connectivity index (χ1) is 6.73. The number of hydrogen-bond donors (Lipinski definition) is 1. The molecule has 3 nitrogen and oxygen atoms in total. The van der Waals surface area contributed by atoms with E-state index in [-0.39, 0.29) is 6.04 Å². The van der Waals surface area contributed by atoms with Crippen LogP contribution in [-0.4, -0.2) is 25.5 Å². The van der Waals surface area contributed by atoms with Crippen LogP contribution in [0.25, 0.3) is 0 Å². The van der Waals surface area contributed by atoms with Crippen LogP contribution in [0.3, 0.4) is 0 Å². The van der Waals surface area contributed by atoms with Crippen LogP contribution in [-0.2, 0) is 9.84 Å². The fourth-order valence-electron chi connectivity index (χ4n) is 1.41. The molecule has 0 radical (unpaired) electrons. The Morgan fingerprint density at radius 1 is 1.20 bits per heavy atom. The van der Waals surface area contributed by atoms with E-state index in [4.69, 9.17) is 5.73 Å². The van der Waals surface area contributed by atoms with Gasteiger partial charge in [-0.1, -0.05) is 32.6 Å². The summed E-state index contributed by atoms with van der Waals surface area (Å²) in [5, 5.41) is 0. The van der Waals surface area contributed by atoms with Crippen molar-refractivity contribution < 1.29 is 8.42 Å². The molecular weight excluding hydrogens is 210 g/mol. The van der Waals surface area contributed by atoms with Gasteiger partial charge in [0.25, 0.3) is 0 Å². The monoisotopic (exact) mass is 235 g/mol. The lowest BCUT2D eigenvalue weighted by atomic mass is 9.98. The molecule has 0 aromatic carbocycles. The lowest BCUT2D eigenvalue weighted by Gasteiger charge is -2.29. The van der Waals surface area contributed by atoms with Crippen molar-refractivity contribution in [3.63, 3.8) is 0 Å². The van der Waals surface area contributed by atoms with Crippen molar-refractivity contribution in [3.8, 4) is 0 Å². The molecule has 15 heavy (non-hydrogen) atoms. The van der Waals surface area contributed by atoms with Gasteiger partial charge < -0.3 is 5.73 Å². The Balaban J connectivity index is 4.15. The third-order valence-corrected chi connectivity index (χ3v) is 5.43. The molecule has 0 aliphatic rings. The molecule has 4 heteroatoms. The predicted molar refractivity (Wildman–Crippen MR) is 65.7 cm³/mol. The van der Waals surface area contributed by atoms with Gasteiger partial charge in [-0.2, -0.15) is 0 Å². The molecule has 0 aromatic rings. The van der Waals surface area contributed by atoms with Gasteiger partial charge in [-0.15, -0.1) is 0 Å². The number of sulfone groups is 1. The Morgan fingerprint density at radius 2 is 1.73 bits per heavy atom. The van der Waals surface area contributed by atoms with Crippen LogP contribution in [0.2, 0.25) is 0 Å². The van der Waals surface area contributed by atoms with Crippen molar-refractivity contribution in [2.24, 2.45) is 5.73 Å². The molecule has 0 bridgehead atoms. The van der Waals surface area contributed by atoms with Gasteiger partial charge in [-0.05, 0) is 20.3 Å². The Labute approximate surface area is 94.4 Å². The molecule has 0 amide bonds. The first kappa shape index (κ1) is 14.9. The van der Waals surface area contributed by atoms with Gasteiger partial charge in [0.15, 0.2) is 9.84 Å². The summed E-state index contributed by atoms with van der Waals surface area (Å²) in [6.45, 7) is 5.58. The van der Waals surface area contributed by atoms with Crippen molar-refractivity contribution in [3.05, 3.63) is 0 Å². The van der Waals surface area contributed by atoms with Crippen LogP contribution in [0, 0.1) is 0 Å². The van der Waals surface area contributed by atoms with Crippen molar-refractivity contribution in [2.75, 3.05) is 6.26 Å². The quantitative estimate of drug-likeness (QED) is 0.687. The SMILES string of the molecule is CCCCCCC(N)C(C)(C)S(C)(=O)=O. The fraction of sp³-hybridized carbons (Fsp3) is 1.00. The highest BCUT2D eigenvalue weighted by Crippen LogP contribution is 2.22. The molecule has 0 aromatic heterocycles. The minimum atomic E-state index is -3.07. The van der Waals surface area contributed by atoms with E-state index in [9.17, 15) is 8.42 Å². The second-order valence-electron chi connectivity index (χ2n) is 4.83. The third kappa shape index (κ3) is 4.51. The molecule has 1 unspecified atom stereocenters. The van der Waals surface area contributed by atoms with Crippen LogP contribution < -0.4 is 5.73 Å². The molecule has 0 saturated carbocycles. The first-order valence-electron chi connectivity index (χ1n) is 5.68. The summed E-state index contributed by atoms with van der Waals surface area (Å²) >= 11 is 0. The van der Waals surface area contributed by atoms with E-state index in [1.54, 1.807) is 13.8 Å². The topological polar surface area (TPSA) is 60.2 Å². The molecule has 0 spiro atoms. The third-order valence-electron chi connectivity index (χ3n) is 3.22. The fourth-order valence-corrected chi connectivity index (χ4v) is 2.08. The predicted octanol–water partition coefficient (Wildman–Crippen LogP) is 2.11. The van der Waals surface area contributed by atoms with Crippen LogP contribution in [0.5, 0.6) is 0 Å². The van der Waals surface area contributed by atoms with E-state index in [1.165, 1.54) is 19.1 Å². The van der Waals surface area contributed by atoms with Crippen LogP contribution in [0.4, 0.5) is 0 Å². The smallest absolute Gasteiger partial charge is 0.154 e. The van der Waals surface area contributed by atoms with Crippen LogP contribution >= 0.6 is 0 Å². The van der Waals surface area contributed by atoms with Crippen molar-refractivity contribution >= 4 is 9.84 Å². The second-order valence-corrected chi connectivity index (χ2v) is 7.43. The molecule has 0 rings (SSSR count). The minimum absolute atomic E-state index is 0.260. The van der Waals surface area contributed by atoms with Crippen molar-refractivity contribution in [1.29, 1.82) is 0 Å². The second kappa shape index (κ2) is 5.85. The van der Waals surface area contributed by atoms with E-state index in [0.717, 1.165) is 19.3 Å². The van der Waals surface area contributed by atoms with Crippen molar-refractivity contribution in [2.45, 2.75) is 63.7 Å². The minimum Gasteiger partial charge on any atom is -0.326 e. The first-order valence-corrected chi connectivity index (χ1v) is 7.57. The number of unbranched alkanes of at least 4 members (excludes halogenated alkanes) is 3. The summed E-state index contributed by atoms with van der Waals surface area (Å²) < 4.78 is 22.2. The lowest BCUT2D eigenvalue weighted by Crippen LogP contribution is -2.48. The van der Waals surface area contributed by atoms with Gasteiger partial charge in [0.1, 0.15) is 0 Å². The van der Waals surface area contributed by atoms with E-state index < -0.39 is 14.6 Å². The van der Waals surface area contributed by atoms with E-state index >= 15 is 0 Å². The summed E-state index contributed by atoms with van der Waals surface area (Å²) in [5.74, 6) is 0. The zero-order chi connectivity index (χ0) is 12.1. The van der Waals surface area contributed by atoms with Gasteiger partial charge in [0, 0.05) is 12.3 Å². The molecular formula is C11H25NO2S. The van der Waals surface area contributed by atoms with Gasteiger partial charge >= 0.3 is 0 Å². The molecule has 0 saturated heterocycles. The lowest BCUT2D eigenvalue weighted by molar-refractivity contribution is 0.445. The zero-order valence-electron chi connectivity index (χ0n) is 10.4. The van der Waals surface area contributed by atoms with Gasteiger partial charge in [0.2, 0.25) is 0 Å². The average Bonchev–Trinajstić information content (AvgIpc) is 2.10. The summed E-state index contributed by atoms with van der Waals surface area (Å²) in [6.07, 6.45) is 6.60. The standard InChI is InChI=1S/C11H25NO2S/c1-5-6-7-8-9-10(12)11(2,3)15(4,13)14/h10H,5-9,12H2,1-4H3. The number of nitrogens with two attached hydrogens (primary N) is 1. The normalized spacial score (nSPS) is 15.3. The van der Waals surface area contributed by atoms with E-state index in [0.29, 0.717) is 0 Å². The zero-order valence-corrected chi connectivity index (χ0v) is 11.2. The summed E-state index contributed by atoms with van der Waals surface area (Å²) in [5.41, 5.74) is 5.94. The summed E-state index contributed by atoms with van der Waals surface area (Å²) in [6, 6.07) is -0.260. The molecule has 1 atom stereocenters. The Kier molecular flexibility index (Phi) is 5.81. The molecule has 0 heterocycles. The highest BCUT2D eigenvalue weighted by atomic mass is 32.2. The van der Waals surface area contributed by atoms with Gasteiger partial charge in [-0.3, -0.25) is 0 Å². The molecule has 0 aliphatic carbocycles. The highest BCUT2D eigenvalue weighted by Gasteiger charge is 2.36. The Hall–Kier alpha value is -0.0900. The average molecular weight is 235 g/mol. The number of rotatable bonds is 7.